The number of ether oxygens (including phenoxy) is 5. The number of benzene rings is 2. The molecule has 0 spiro atoms. The van der Waals surface area contributed by atoms with E-state index in [0.29, 0.717) is 62.0 Å². The van der Waals surface area contributed by atoms with Gasteiger partial charge in [0.15, 0.2) is 11.6 Å². The summed E-state index contributed by atoms with van der Waals surface area (Å²) >= 11 is 0. The van der Waals surface area contributed by atoms with Crippen molar-refractivity contribution in [2.45, 2.75) is 44.9 Å². The van der Waals surface area contributed by atoms with Crippen LogP contribution in [0.3, 0.4) is 0 Å². The van der Waals surface area contributed by atoms with Crippen molar-refractivity contribution in [3.8, 4) is 5.75 Å². The monoisotopic (exact) mass is 768 g/mol. The Morgan fingerprint density at radius 3 is 2.44 bits per heavy atom. The van der Waals surface area contributed by atoms with Crippen molar-refractivity contribution in [2.75, 3.05) is 87.6 Å². The van der Waals surface area contributed by atoms with Gasteiger partial charge >= 0.3 is 18.2 Å². The van der Waals surface area contributed by atoms with Gasteiger partial charge in [0, 0.05) is 57.9 Å². The molecule has 1 saturated carbocycles. The number of imide groups is 1. The van der Waals surface area contributed by atoms with Gasteiger partial charge in [-0.25, -0.2) is 28.1 Å². The Morgan fingerprint density at radius 1 is 1.00 bits per heavy atom. The minimum Gasteiger partial charge on any atom is -0.492 e. The fourth-order valence-electron chi connectivity index (χ4n) is 7.23. The molecule has 1 N–H and O–H groups in total. The van der Waals surface area contributed by atoms with E-state index < -0.39 is 66.1 Å². The van der Waals surface area contributed by atoms with Crippen LogP contribution in [0.1, 0.15) is 43.1 Å². The van der Waals surface area contributed by atoms with Gasteiger partial charge in [0.1, 0.15) is 23.2 Å². The number of piperazine rings is 1. The SMILES string of the molecule is COc1c(N2CCNC(C)C2)c(F)cc2c(=O)c(C(=O)OCOC(=O)N(CC3CN(c4ccc(N5CCOCC5)c(F)c4)C(=O)O3)C(C)=O)cn(C3CC3)c12. The minimum absolute atomic E-state index is 0.0696. The summed E-state index contributed by atoms with van der Waals surface area (Å²) in [6.45, 7) is 5.29. The van der Waals surface area contributed by atoms with Crippen LogP contribution in [0.4, 0.5) is 35.4 Å². The minimum atomic E-state index is -1.20. The highest BCUT2D eigenvalue weighted by Crippen LogP contribution is 2.44. The first-order valence-electron chi connectivity index (χ1n) is 18.1. The largest absolute Gasteiger partial charge is 0.492 e. The molecule has 2 atom stereocenters. The lowest BCUT2D eigenvalue weighted by Gasteiger charge is -2.35. The first-order valence-corrected chi connectivity index (χ1v) is 18.1. The van der Waals surface area contributed by atoms with Crippen LogP contribution >= 0.6 is 0 Å². The Kier molecular flexibility index (Phi) is 10.8. The Bertz CT molecular complexity index is 2070. The standard InChI is InChI=1S/C37H42F2N6O10/c1-21-16-42(9-8-40-21)32-29(39)15-26-31(34(32)51-3)44(23-4-5-23)19-27(33(26)47)35(48)53-20-54-36(49)43(22(2)46)17-25-18-45(37(50)55-25)24-6-7-30(28(38)14-24)41-10-12-52-13-11-41/h6-7,14-15,19,21,23,25,40H,4-5,8-13,16-18,20H2,1-3H3. The van der Waals surface area contributed by atoms with Gasteiger partial charge < -0.3 is 43.4 Å². The average Bonchev–Trinajstić information content (AvgIpc) is 3.94. The van der Waals surface area contributed by atoms with Crippen LogP contribution in [0.25, 0.3) is 10.9 Å². The number of nitrogens with one attached hydrogen (secondary N) is 1. The number of amides is 3. The molecule has 0 radical (unpaired) electrons. The van der Waals surface area contributed by atoms with Crippen molar-refractivity contribution in [3.05, 3.63) is 57.9 Å². The molecule has 4 fully saturated rings. The summed E-state index contributed by atoms with van der Waals surface area (Å²) in [6.07, 6.45) is -0.115. The maximum atomic E-state index is 15.8. The highest BCUT2D eigenvalue weighted by molar-refractivity contribution is 5.98. The zero-order valence-corrected chi connectivity index (χ0v) is 30.7. The lowest BCUT2D eigenvalue weighted by atomic mass is 10.1. The fraction of sp³-hybridized carbons (Fsp3) is 0.486. The number of aromatic nitrogens is 1. The lowest BCUT2D eigenvalue weighted by molar-refractivity contribution is -0.128. The fourth-order valence-corrected chi connectivity index (χ4v) is 7.23. The molecule has 3 saturated heterocycles. The van der Waals surface area contributed by atoms with Crippen LogP contribution in [0.15, 0.2) is 35.3 Å². The number of fused-ring (bicyclic) bond motifs is 1. The molecular formula is C37H42F2N6O10. The summed E-state index contributed by atoms with van der Waals surface area (Å²) < 4.78 is 59.2. The van der Waals surface area contributed by atoms with Crippen molar-refractivity contribution in [1.82, 2.24) is 14.8 Å². The number of pyridine rings is 1. The molecule has 7 rings (SSSR count). The van der Waals surface area contributed by atoms with E-state index in [1.165, 1.54) is 24.3 Å². The molecule has 294 valence electrons. The summed E-state index contributed by atoms with van der Waals surface area (Å²) in [5, 5.41) is 3.25. The van der Waals surface area contributed by atoms with Crippen molar-refractivity contribution in [1.29, 1.82) is 0 Å². The second-order valence-corrected chi connectivity index (χ2v) is 13.9. The summed E-state index contributed by atoms with van der Waals surface area (Å²) in [7, 11) is 1.41. The summed E-state index contributed by atoms with van der Waals surface area (Å²) in [5.74, 6) is -2.90. The zero-order valence-electron chi connectivity index (χ0n) is 30.7. The molecule has 3 aliphatic heterocycles. The summed E-state index contributed by atoms with van der Waals surface area (Å²) in [4.78, 5) is 70.7. The van der Waals surface area contributed by atoms with Gasteiger partial charge in [-0.1, -0.05) is 0 Å². The number of morpholine rings is 1. The molecule has 4 aliphatic rings. The molecule has 4 heterocycles. The topological polar surface area (TPSA) is 161 Å². The maximum absolute atomic E-state index is 15.8. The number of nitrogens with zero attached hydrogens (tertiary/aromatic N) is 5. The molecule has 3 aromatic rings. The second kappa shape index (κ2) is 15.7. The van der Waals surface area contributed by atoms with E-state index in [4.69, 9.17) is 23.7 Å². The van der Waals surface area contributed by atoms with E-state index in [-0.39, 0.29) is 41.1 Å². The van der Waals surface area contributed by atoms with Crippen LogP contribution < -0.4 is 30.2 Å². The van der Waals surface area contributed by atoms with Gasteiger partial charge in [0.2, 0.25) is 18.1 Å². The number of rotatable bonds is 10. The number of carbonyl (C=O) groups is 4. The number of methoxy groups -OCH3 is 1. The molecule has 55 heavy (non-hydrogen) atoms. The van der Waals surface area contributed by atoms with E-state index in [9.17, 15) is 24.0 Å². The van der Waals surface area contributed by atoms with Crippen LogP contribution in [0, 0.1) is 11.6 Å². The van der Waals surface area contributed by atoms with E-state index in [2.05, 4.69) is 5.32 Å². The smallest absolute Gasteiger partial charge is 0.419 e. The predicted octanol–water partition coefficient (Wildman–Crippen LogP) is 3.38. The maximum Gasteiger partial charge on any atom is 0.419 e. The third kappa shape index (κ3) is 7.73. The van der Waals surface area contributed by atoms with Crippen LogP contribution in [-0.2, 0) is 23.7 Å². The number of hydrogen-bond donors (Lipinski definition) is 1. The van der Waals surface area contributed by atoms with E-state index in [1.807, 2.05) is 16.7 Å². The van der Waals surface area contributed by atoms with Crippen molar-refractivity contribution in [2.24, 2.45) is 0 Å². The first-order chi connectivity index (χ1) is 26.4. The highest BCUT2D eigenvalue weighted by atomic mass is 19.1. The normalized spacial score (nSPS) is 20.0. The number of anilines is 3. The van der Waals surface area contributed by atoms with Crippen molar-refractivity contribution in [3.63, 3.8) is 0 Å². The van der Waals surface area contributed by atoms with Crippen LogP contribution in [0.2, 0.25) is 0 Å². The molecule has 3 amide bonds. The van der Waals surface area contributed by atoms with Gasteiger partial charge in [0.05, 0.1) is 55.7 Å². The van der Waals surface area contributed by atoms with E-state index in [1.54, 1.807) is 16.7 Å². The van der Waals surface area contributed by atoms with Gasteiger partial charge in [0.25, 0.3) is 0 Å². The zero-order chi connectivity index (χ0) is 39.0. The summed E-state index contributed by atoms with van der Waals surface area (Å²) in [5.41, 5.74) is 0.00228. The van der Waals surface area contributed by atoms with Gasteiger partial charge in [-0.3, -0.25) is 14.5 Å². The molecule has 18 heteroatoms. The molecule has 2 unspecified atom stereocenters. The molecule has 16 nitrogen and oxygen atoms in total. The highest BCUT2D eigenvalue weighted by Gasteiger charge is 2.37. The summed E-state index contributed by atoms with van der Waals surface area (Å²) in [6, 6.07) is 5.50. The molecule has 0 bridgehead atoms. The predicted molar refractivity (Wildman–Crippen MR) is 194 cm³/mol. The number of carbonyl (C=O) groups excluding carboxylic acids is 4. The average molecular weight is 769 g/mol. The Labute approximate surface area is 314 Å². The molecule has 1 aromatic heterocycles. The molecular weight excluding hydrogens is 726 g/mol. The number of halogens is 2. The molecule has 2 aromatic carbocycles. The van der Waals surface area contributed by atoms with E-state index in [0.717, 1.165) is 25.8 Å². The van der Waals surface area contributed by atoms with Gasteiger partial charge in [-0.05, 0) is 44.0 Å². The van der Waals surface area contributed by atoms with Crippen molar-refractivity contribution < 1.29 is 51.6 Å². The number of cyclic esters (lactones) is 1. The first kappa shape index (κ1) is 37.8. The molecule has 1 aliphatic carbocycles. The lowest BCUT2D eigenvalue weighted by Crippen LogP contribution is -2.49. The Hall–Kier alpha value is -5.49. The van der Waals surface area contributed by atoms with E-state index >= 15 is 8.78 Å². The third-order valence-electron chi connectivity index (χ3n) is 10.1. The van der Waals surface area contributed by atoms with Gasteiger partial charge in [-0.15, -0.1) is 0 Å². The Balaban J connectivity index is 1.01. The quantitative estimate of drug-likeness (QED) is 0.236. The van der Waals surface area contributed by atoms with Crippen LogP contribution in [-0.4, -0.2) is 119 Å². The van der Waals surface area contributed by atoms with Crippen LogP contribution in [0.5, 0.6) is 5.75 Å². The third-order valence-corrected chi connectivity index (χ3v) is 10.1. The van der Waals surface area contributed by atoms with Gasteiger partial charge in [-0.2, -0.15) is 0 Å². The number of hydrogen-bond acceptors (Lipinski definition) is 13. The second-order valence-electron chi connectivity index (χ2n) is 13.9. The number of esters is 1. The van der Waals surface area contributed by atoms with Crippen molar-refractivity contribution >= 4 is 52.0 Å². The Morgan fingerprint density at radius 2 is 1.76 bits per heavy atom.